The second-order valence-electron chi connectivity index (χ2n) is 7.99. The highest BCUT2D eigenvalue weighted by molar-refractivity contribution is 6.17. The summed E-state index contributed by atoms with van der Waals surface area (Å²) in [7, 11) is 0. The van der Waals surface area contributed by atoms with Gasteiger partial charge in [0.25, 0.3) is 0 Å². The fourth-order valence-electron chi connectivity index (χ4n) is 3.67. The first-order valence-corrected chi connectivity index (χ1v) is 9.34. The smallest absolute Gasteiger partial charge is 0.228 e. The van der Waals surface area contributed by atoms with Gasteiger partial charge in [-0.2, -0.15) is 10.1 Å². The molecule has 3 saturated carbocycles. The van der Waals surface area contributed by atoms with Crippen molar-refractivity contribution >= 4 is 23.2 Å². The predicted molar refractivity (Wildman–Crippen MR) is 102 cm³/mol. The minimum Gasteiger partial charge on any atom is -0.324 e. The van der Waals surface area contributed by atoms with Gasteiger partial charge in [-0.05, 0) is 62.4 Å². The first-order valence-electron chi connectivity index (χ1n) is 9.34. The van der Waals surface area contributed by atoms with Gasteiger partial charge >= 0.3 is 0 Å². The van der Waals surface area contributed by atoms with Crippen LogP contribution in [0.1, 0.15) is 32.1 Å². The molecular formula is C20H20N6. The second kappa shape index (κ2) is 4.90. The number of aromatic nitrogens is 2. The summed E-state index contributed by atoms with van der Waals surface area (Å²) in [5.74, 6) is 1.68. The maximum atomic E-state index is 4.84. The molecule has 0 saturated heterocycles. The van der Waals surface area contributed by atoms with Gasteiger partial charge in [0.1, 0.15) is 5.84 Å². The zero-order chi connectivity index (χ0) is 17.2. The minimum absolute atomic E-state index is 0.290. The number of rotatable bonds is 2. The van der Waals surface area contributed by atoms with E-state index in [0.717, 1.165) is 30.2 Å². The molecule has 0 bridgehead atoms. The number of nitrogens with zero attached hydrogens (tertiary/aromatic N) is 5. The third-order valence-electron chi connectivity index (χ3n) is 6.05. The number of hydrogen-bond donors (Lipinski definition) is 1. The monoisotopic (exact) mass is 344 g/mol. The minimum atomic E-state index is 0.290. The Hall–Kier alpha value is -2.76. The van der Waals surface area contributed by atoms with Crippen LogP contribution in [0.15, 0.2) is 57.7 Å². The number of aliphatic imine (C=N–C) groups is 3. The van der Waals surface area contributed by atoms with Crippen molar-refractivity contribution in [2.24, 2.45) is 25.8 Å². The average molecular weight is 344 g/mol. The molecule has 3 aliphatic carbocycles. The fourth-order valence-corrected chi connectivity index (χ4v) is 3.67. The van der Waals surface area contributed by atoms with Crippen molar-refractivity contribution < 1.29 is 0 Å². The van der Waals surface area contributed by atoms with Crippen LogP contribution in [0.4, 0.5) is 5.69 Å². The van der Waals surface area contributed by atoms with E-state index < -0.39 is 0 Å². The first-order chi connectivity index (χ1) is 12.7. The Labute approximate surface area is 151 Å². The van der Waals surface area contributed by atoms with E-state index in [4.69, 9.17) is 9.98 Å². The molecule has 1 aromatic carbocycles. The second-order valence-corrected chi connectivity index (χ2v) is 7.99. The summed E-state index contributed by atoms with van der Waals surface area (Å²) < 4.78 is 1.85. The van der Waals surface area contributed by atoms with Gasteiger partial charge in [-0.3, -0.25) is 4.99 Å². The van der Waals surface area contributed by atoms with Gasteiger partial charge in [0.2, 0.25) is 5.96 Å². The van der Waals surface area contributed by atoms with E-state index >= 15 is 0 Å². The third-order valence-corrected chi connectivity index (χ3v) is 6.05. The molecule has 130 valence electrons. The van der Waals surface area contributed by atoms with Crippen LogP contribution in [0, 0.1) is 10.8 Å². The zero-order valence-electron chi connectivity index (χ0n) is 14.5. The summed E-state index contributed by atoms with van der Waals surface area (Å²) in [6.07, 6.45) is 9.90. The fraction of sp³-hybridized carbons (Fsp3) is 0.400. The molecule has 6 heteroatoms. The van der Waals surface area contributed by atoms with Crippen LogP contribution < -0.4 is 5.32 Å². The lowest BCUT2D eigenvalue weighted by molar-refractivity contribution is 0.634. The Morgan fingerprint density at radius 2 is 1.88 bits per heavy atom. The van der Waals surface area contributed by atoms with E-state index in [1.807, 2.05) is 41.2 Å². The molecule has 2 spiro atoms. The van der Waals surface area contributed by atoms with Crippen LogP contribution in [0.3, 0.4) is 0 Å². The van der Waals surface area contributed by atoms with E-state index in [0.29, 0.717) is 11.4 Å². The van der Waals surface area contributed by atoms with Crippen molar-refractivity contribution in [3.8, 4) is 5.69 Å². The van der Waals surface area contributed by atoms with Gasteiger partial charge in [-0.15, -0.1) is 0 Å². The van der Waals surface area contributed by atoms with Crippen molar-refractivity contribution in [3.05, 3.63) is 42.7 Å². The number of benzene rings is 1. The summed E-state index contributed by atoms with van der Waals surface area (Å²) >= 11 is 0. The van der Waals surface area contributed by atoms with E-state index in [1.165, 1.54) is 31.4 Å². The summed E-state index contributed by atoms with van der Waals surface area (Å²) in [5.41, 5.74) is 4.06. The quantitative estimate of drug-likeness (QED) is 0.670. The van der Waals surface area contributed by atoms with Crippen LogP contribution in [0.5, 0.6) is 0 Å². The maximum Gasteiger partial charge on any atom is 0.228 e. The molecule has 2 heterocycles. The van der Waals surface area contributed by atoms with E-state index in [-0.39, 0.29) is 5.41 Å². The van der Waals surface area contributed by atoms with Crippen molar-refractivity contribution in [1.29, 1.82) is 0 Å². The summed E-state index contributed by atoms with van der Waals surface area (Å²) in [5, 5.41) is 7.67. The summed E-state index contributed by atoms with van der Waals surface area (Å²) in [6.45, 7) is 0.943. The largest absolute Gasteiger partial charge is 0.324 e. The molecule has 1 N–H and O–H groups in total. The topological polar surface area (TPSA) is 66.9 Å². The molecule has 4 aliphatic rings. The van der Waals surface area contributed by atoms with Crippen LogP contribution in [-0.4, -0.2) is 33.8 Å². The lowest BCUT2D eigenvalue weighted by Crippen LogP contribution is -2.29. The van der Waals surface area contributed by atoms with Crippen LogP contribution >= 0.6 is 0 Å². The SMILES string of the molecule is c1cnn(-c2ccc(NC(=NC3=NCC34CC4)N=C3CC34CC4)cc2)c1. The lowest BCUT2D eigenvalue weighted by Gasteiger charge is -2.21. The Morgan fingerprint density at radius 1 is 1.08 bits per heavy atom. The Bertz CT molecular complexity index is 956. The van der Waals surface area contributed by atoms with E-state index in [1.54, 1.807) is 6.20 Å². The van der Waals surface area contributed by atoms with Crippen molar-refractivity contribution in [2.45, 2.75) is 32.1 Å². The van der Waals surface area contributed by atoms with Crippen molar-refractivity contribution in [3.63, 3.8) is 0 Å². The highest BCUT2D eigenvalue weighted by Crippen LogP contribution is 2.63. The van der Waals surface area contributed by atoms with Gasteiger partial charge in [0.05, 0.1) is 12.2 Å². The summed E-state index contributed by atoms with van der Waals surface area (Å²) in [6, 6.07) is 10.1. The Kier molecular flexibility index (Phi) is 2.72. The van der Waals surface area contributed by atoms with Crippen LogP contribution in [-0.2, 0) is 0 Å². The number of anilines is 1. The molecule has 1 aromatic heterocycles. The lowest BCUT2D eigenvalue weighted by atomic mass is 10.0. The molecule has 2 aromatic rings. The third kappa shape index (κ3) is 2.32. The zero-order valence-corrected chi connectivity index (χ0v) is 14.5. The Morgan fingerprint density at radius 3 is 2.46 bits per heavy atom. The van der Waals surface area contributed by atoms with Crippen LogP contribution in [0.25, 0.3) is 5.69 Å². The van der Waals surface area contributed by atoms with Crippen molar-refractivity contribution in [1.82, 2.24) is 9.78 Å². The molecule has 26 heavy (non-hydrogen) atoms. The maximum absolute atomic E-state index is 4.84. The van der Waals surface area contributed by atoms with Crippen LogP contribution in [0.2, 0.25) is 0 Å². The Balaban J connectivity index is 1.26. The first kappa shape index (κ1) is 14.4. The van der Waals surface area contributed by atoms with Gasteiger partial charge in [0, 0.05) is 34.6 Å². The van der Waals surface area contributed by atoms with Gasteiger partial charge in [-0.25, -0.2) is 9.67 Å². The predicted octanol–water partition coefficient (Wildman–Crippen LogP) is 3.46. The van der Waals surface area contributed by atoms with E-state index in [2.05, 4.69) is 15.4 Å². The molecule has 0 unspecified atom stereocenters. The van der Waals surface area contributed by atoms with Gasteiger partial charge in [0.15, 0.2) is 0 Å². The molecule has 0 radical (unpaired) electrons. The number of nitrogens with one attached hydrogen (secondary N) is 1. The highest BCUT2D eigenvalue weighted by atomic mass is 15.3. The number of guanidine groups is 1. The number of hydrogen-bond acceptors (Lipinski definition) is 3. The van der Waals surface area contributed by atoms with E-state index in [9.17, 15) is 0 Å². The highest BCUT2D eigenvalue weighted by Gasteiger charge is 2.60. The van der Waals surface area contributed by atoms with Crippen molar-refractivity contribution in [2.75, 3.05) is 11.9 Å². The molecular weight excluding hydrogens is 324 g/mol. The summed E-state index contributed by atoms with van der Waals surface area (Å²) in [4.78, 5) is 14.1. The number of amidine groups is 1. The van der Waals surface area contributed by atoms with Gasteiger partial charge < -0.3 is 5.32 Å². The molecule has 1 aliphatic heterocycles. The standard InChI is InChI=1S/C20H20N6/c1-10-22-26(11-1)15-4-2-14(3-5-15)23-18(24-16-12-19(16)6-7-19)25-17-20(8-9-20)13-21-17/h1-5,10-11H,6-9,12-13H2,(H,21,23,25). The molecule has 0 amide bonds. The normalized spacial score (nSPS) is 25.2. The molecule has 6 nitrogen and oxygen atoms in total. The molecule has 3 fully saturated rings. The van der Waals surface area contributed by atoms with Gasteiger partial charge in [-0.1, -0.05) is 0 Å². The average Bonchev–Trinajstić information content (AvgIpc) is 3.60. The molecule has 0 atom stereocenters. The molecule has 6 rings (SSSR count).